The number of nitrogens with zero attached hydrogens (tertiary/aromatic N) is 4. The highest BCUT2D eigenvalue weighted by atomic mass is 16.2. The number of hydrogen-bond donors (Lipinski definition) is 1. The second-order valence-corrected chi connectivity index (χ2v) is 7.45. The van der Waals surface area contributed by atoms with Crippen molar-refractivity contribution in [1.29, 1.82) is 0 Å². The molecular weight excluding hydrogens is 370 g/mol. The molecule has 0 radical (unpaired) electrons. The average Bonchev–Trinajstić information content (AvgIpc) is 3.35. The Morgan fingerprint density at radius 2 is 1.79 bits per heavy atom. The maximum Gasteiger partial charge on any atom is 0.233 e. The van der Waals surface area contributed by atoms with E-state index in [4.69, 9.17) is 0 Å². The lowest BCUT2D eigenvalue weighted by Crippen LogP contribution is -2.36. The molecule has 29 heavy (non-hydrogen) atoms. The molecule has 0 saturated carbocycles. The summed E-state index contributed by atoms with van der Waals surface area (Å²) in [6, 6.07) is 7.47. The highest BCUT2D eigenvalue weighted by molar-refractivity contribution is 6.05. The number of allylic oxidation sites excluding steroid dienone is 2. The quantitative estimate of drug-likeness (QED) is 0.596. The van der Waals surface area contributed by atoms with E-state index in [1.54, 1.807) is 11.0 Å². The van der Waals surface area contributed by atoms with Crippen molar-refractivity contribution in [1.82, 2.24) is 25.0 Å². The van der Waals surface area contributed by atoms with E-state index in [1.165, 1.54) is 11.2 Å². The van der Waals surface area contributed by atoms with Crippen molar-refractivity contribution in [3.8, 4) is 5.69 Å². The fourth-order valence-corrected chi connectivity index (χ4v) is 3.96. The van der Waals surface area contributed by atoms with Gasteiger partial charge in [-0.25, -0.2) is 9.67 Å². The lowest BCUT2D eigenvalue weighted by Gasteiger charge is -2.17. The van der Waals surface area contributed by atoms with Crippen molar-refractivity contribution in [2.75, 3.05) is 6.54 Å². The Bertz CT molecular complexity index is 910. The van der Waals surface area contributed by atoms with E-state index < -0.39 is 0 Å². The number of benzene rings is 1. The Kier molecular flexibility index (Phi) is 5.24. The van der Waals surface area contributed by atoms with Crippen molar-refractivity contribution in [3.05, 3.63) is 54.6 Å². The zero-order valence-corrected chi connectivity index (χ0v) is 16.2. The van der Waals surface area contributed by atoms with Crippen LogP contribution in [0.1, 0.15) is 37.8 Å². The van der Waals surface area contributed by atoms with Crippen molar-refractivity contribution >= 4 is 17.7 Å². The molecule has 150 valence electrons. The highest BCUT2D eigenvalue weighted by Crippen LogP contribution is 2.35. The second kappa shape index (κ2) is 7.98. The Hall–Kier alpha value is -3.29. The van der Waals surface area contributed by atoms with Gasteiger partial charge in [-0.15, -0.1) is 0 Å². The van der Waals surface area contributed by atoms with Crippen LogP contribution >= 0.6 is 0 Å². The summed E-state index contributed by atoms with van der Waals surface area (Å²) in [5, 5.41) is 7.01. The third-order valence-electron chi connectivity index (χ3n) is 5.62. The standard InChI is InChI=1S/C21H23N5O3/c1-14(15-6-8-16(9-7-15)26-13-22-12-23-26)24-19(27)10-11-25-20(28)17-4-2-3-5-18(17)21(25)29/h2-3,6-9,12-14,17-18H,4-5,10-11H2,1H3,(H,24,27)/t14-,17-,18-/m0/s1. The Labute approximate surface area is 168 Å². The van der Waals surface area contributed by atoms with Gasteiger partial charge >= 0.3 is 0 Å². The Morgan fingerprint density at radius 3 is 2.38 bits per heavy atom. The van der Waals surface area contributed by atoms with Crippen LogP contribution in [0.3, 0.4) is 0 Å². The van der Waals surface area contributed by atoms with Crippen LogP contribution in [0.5, 0.6) is 0 Å². The molecule has 2 heterocycles. The molecule has 0 spiro atoms. The minimum absolute atomic E-state index is 0.103. The number of likely N-dealkylation sites (tertiary alicyclic amines) is 1. The van der Waals surface area contributed by atoms with Gasteiger partial charge < -0.3 is 5.32 Å². The first-order valence-electron chi connectivity index (χ1n) is 9.79. The zero-order valence-electron chi connectivity index (χ0n) is 16.2. The van der Waals surface area contributed by atoms with Gasteiger partial charge in [0.1, 0.15) is 12.7 Å². The lowest BCUT2D eigenvalue weighted by molar-refractivity contribution is -0.140. The summed E-state index contributed by atoms with van der Waals surface area (Å²) in [5.74, 6) is -0.981. The second-order valence-electron chi connectivity index (χ2n) is 7.45. The van der Waals surface area contributed by atoms with Gasteiger partial charge in [-0.2, -0.15) is 5.10 Å². The summed E-state index contributed by atoms with van der Waals surface area (Å²) in [5.41, 5.74) is 1.83. The molecule has 2 aliphatic rings. The Morgan fingerprint density at radius 1 is 1.14 bits per heavy atom. The van der Waals surface area contributed by atoms with Crippen molar-refractivity contribution in [2.45, 2.75) is 32.2 Å². The maximum absolute atomic E-state index is 12.5. The monoisotopic (exact) mass is 393 g/mol. The molecule has 8 nitrogen and oxygen atoms in total. The molecule has 8 heteroatoms. The largest absolute Gasteiger partial charge is 0.350 e. The smallest absolute Gasteiger partial charge is 0.233 e. The molecule has 1 aromatic heterocycles. The van der Waals surface area contributed by atoms with Crippen molar-refractivity contribution in [3.63, 3.8) is 0 Å². The fraction of sp³-hybridized carbons (Fsp3) is 0.381. The fourth-order valence-electron chi connectivity index (χ4n) is 3.96. The van der Waals surface area contributed by atoms with Crippen LogP contribution in [0.2, 0.25) is 0 Å². The molecule has 3 atom stereocenters. The van der Waals surface area contributed by atoms with E-state index in [2.05, 4.69) is 15.4 Å². The average molecular weight is 393 g/mol. The first-order chi connectivity index (χ1) is 14.0. The van der Waals surface area contributed by atoms with Crippen LogP contribution in [0, 0.1) is 11.8 Å². The van der Waals surface area contributed by atoms with Crippen LogP contribution in [0.15, 0.2) is 49.1 Å². The number of rotatable bonds is 6. The molecule has 1 aliphatic carbocycles. The third kappa shape index (κ3) is 3.83. The van der Waals surface area contributed by atoms with Crippen LogP contribution in [-0.4, -0.2) is 43.9 Å². The van der Waals surface area contributed by atoms with E-state index in [-0.39, 0.29) is 48.6 Å². The van der Waals surface area contributed by atoms with E-state index in [9.17, 15) is 14.4 Å². The van der Waals surface area contributed by atoms with Gasteiger partial charge in [0, 0.05) is 13.0 Å². The predicted octanol–water partition coefficient (Wildman–Crippen LogP) is 1.79. The normalized spacial score (nSPS) is 21.9. The van der Waals surface area contributed by atoms with Crippen LogP contribution in [-0.2, 0) is 14.4 Å². The van der Waals surface area contributed by atoms with E-state index in [0.717, 1.165) is 11.3 Å². The lowest BCUT2D eigenvalue weighted by atomic mass is 9.85. The molecule has 1 fully saturated rings. The molecule has 1 aliphatic heterocycles. The number of amides is 3. The molecule has 4 rings (SSSR count). The zero-order chi connectivity index (χ0) is 20.4. The SMILES string of the molecule is C[C@H](NC(=O)CCN1C(=O)[C@H]2CC=CC[C@@H]2C1=O)c1ccc(-n2cncn2)cc1. The minimum atomic E-state index is -0.252. The number of aromatic nitrogens is 3. The highest BCUT2D eigenvalue weighted by Gasteiger charge is 2.46. The molecule has 1 saturated heterocycles. The van der Waals surface area contributed by atoms with E-state index in [1.807, 2.05) is 43.3 Å². The first-order valence-corrected chi connectivity index (χ1v) is 9.79. The van der Waals surface area contributed by atoms with Gasteiger partial charge in [-0.05, 0) is 37.5 Å². The van der Waals surface area contributed by atoms with E-state index >= 15 is 0 Å². The third-order valence-corrected chi connectivity index (χ3v) is 5.62. The Balaban J connectivity index is 1.30. The predicted molar refractivity (Wildman–Crippen MR) is 105 cm³/mol. The molecule has 0 unspecified atom stereocenters. The molecule has 1 aromatic carbocycles. The van der Waals surface area contributed by atoms with Gasteiger partial charge in [0.05, 0.1) is 23.6 Å². The number of hydrogen-bond acceptors (Lipinski definition) is 5. The molecular formula is C21H23N5O3. The number of fused-ring (bicyclic) bond motifs is 1. The van der Waals surface area contributed by atoms with Crippen molar-refractivity contribution < 1.29 is 14.4 Å². The summed E-state index contributed by atoms with van der Waals surface area (Å²) < 4.78 is 1.66. The number of imide groups is 1. The van der Waals surface area contributed by atoms with Crippen LogP contribution < -0.4 is 5.32 Å². The van der Waals surface area contributed by atoms with E-state index in [0.29, 0.717) is 12.8 Å². The summed E-state index contributed by atoms with van der Waals surface area (Å²) in [6.45, 7) is 2.03. The topological polar surface area (TPSA) is 97.2 Å². The van der Waals surface area contributed by atoms with Gasteiger partial charge in [-0.1, -0.05) is 24.3 Å². The summed E-state index contributed by atoms with van der Waals surface area (Å²) >= 11 is 0. The summed E-state index contributed by atoms with van der Waals surface area (Å²) in [7, 11) is 0. The van der Waals surface area contributed by atoms with Gasteiger partial charge in [0.2, 0.25) is 17.7 Å². The molecule has 2 aromatic rings. The van der Waals surface area contributed by atoms with Crippen LogP contribution in [0.25, 0.3) is 5.69 Å². The summed E-state index contributed by atoms with van der Waals surface area (Å²) in [4.78, 5) is 42.5. The number of nitrogens with one attached hydrogen (secondary N) is 1. The molecule has 1 N–H and O–H groups in total. The van der Waals surface area contributed by atoms with Gasteiger partial charge in [-0.3, -0.25) is 19.3 Å². The van der Waals surface area contributed by atoms with Gasteiger partial charge in [0.25, 0.3) is 0 Å². The summed E-state index contributed by atoms with van der Waals surface area (Å²) in [6.07, 6.45) is 8.33. The number of carbonyl (C=O) groups is 3. The van der Waals surface area contributed by atoms with Gasteiger partial charge in [0.15, 0.2) is 0 Å². The van der Waals surface area contributed by atoms with Crippen LogP contribution in [0.4, 0.5) is 0 Å². The maximum atomic E-state index is 12.5. The first kappa shape index (κ1) is 19.0. The van der Waals surface area contributed by atoms with Crippen molar-refractivity contribution in [2.24, 2.45) is 11.8 Å². The minimum Gasteiger partial charge on any atom is -0.350 e. The number of carbonyl (C=O) groups excluding carboxylic acids is 3. The molecule has 0 bridgehead atoms. The molecule has 3 amide bonds.